The maximum Gasteiger partial charge on any atom is 0.204 e. The molecule has 4 heteroatoms. The lowest BCUT2D eigenvalue weighted by Crippen LogP contribution is -2.10. The summed E-state index contributed by atoms with van der Waals surface area (Å²) in [6.45, 7) is 6.07. The Kier molecular flexibility index (Phi) is 3.23. The molecule has 1 aromatic heterocycles. The van der Waals surface area contributed by atoms with Crippen molar-refractivity contribution in [3.05, 3.63) is 39.4 Å². The Morgan fingerprint density at radius 2 is 1.76 bits per heavy atom. The largest absolute Gasteiger partial charge is 0.237 e. The van der Waals surface area contributed by atoms with Crippen molar-refractivity contribution in [2.24, 2.45) is 0 Å². The third kappa shape index (κ3) is 2.67. The van der Waals surface area contributed by atoms with Gasteiger partial charge in [-0.15, -0.1) is 0 Å². The van der Waals surface area contributed by atoms with E-state index < -0.39 is 0 Å². The van der Waals surface area contributed by atoms with E-state index in [2.05, 4.69) is 4.98 Å². The normalized spacial score (nSPS) is 11.8. The molecule has 0 amide bonds. The van der Waals surface area contributed by atoms with E-state index in [9.17, 15) is 4.39 Å². The van der Waals surface area contributed by atoms with Gasteiger partial charge in [0.2, 0.25) is 5.13 Å². The lowest BCUT2D eigenvalue weighted by atomic mass is 9.98. The van der Waals surface area contributed by atoms with E-state index in [0.717, 1.165) is 21.9 Å². The molecule has 0 saturated heterocycles. The first-order valence-corrected chi connectivity index (χ1v) is 6.50. The maximum absolute atomic E-state index is 13.8. The standard InChI is InChI=1S/C13H13ClFNS/c1-13(2,3)12-16-10(11(15)17-12)8-4-6-9(14)7-5-8/h4-7H,1-3H3. The first kappa shape index (κ1) is 12.5. The Balaban J connectivity index is 2.46. The van der Waals surface area contributed by atoms with Gasteiger partial charge >= 0.3 is 0 Å². The molecule has 0 N–H and O–H groups in total. The van der Waals surface area contributed by atoms with Crippen molar-refractivity contribution in [3.63, 3.8) is 0 Å². The van der Waals surface area contributed by atoms with Crippen LogP contribution in [0.2, 0.25) is 5.02 Å². The van der Waals surface area contributed by atoms with Crippen LogP contribution in [0.4, 0.5) is 4.39 Å². The second kappa shape index (κ2) is 4.39. The zero-order chi connectivity index (χ0) is 12.6. The summed E-state index contributed by atoms with van der Waals surface area (Å²) in [5.41, 5.74) is 1.05. The fourth-order valence-electron chi connectivity index (χ4n) is 1.41. The molecule has 0 atom stereocenters. The molecule has 0 aliphatic heterocycles. The Bertz CT molecular complexity index is 525. The van der Waals surface area contributed by atoms with Gasteiger partial charge in [0.25, 0.3) is 0 Å². The number of halogens is 2. The Hall–Kier alpha value is -0.930. The van der Waals surface area contributed by atoms with Crippen molar-refractivity contribution in [1.29, 1.82) is 0 Å². The van der Waals surface area contributed by atoms with Gasteiger partial charge in [0, 0.05) is 16.0 Å². The van der Waals surface area contributed by atoms with Crippen LogP contribution in [-0.4, -0.2) is 4.98 Å². The van der Waals surface area contributed by atoms with E-state index in [1.54, 1.807) is 24.3 Å². The molecule has 2 rings (SSSR count). The second-order valence-electron chi connectivity index (χ2n) is 4.90. The second-order valence-corrected chi connectivity index (χ2v) is 6.28. The highest BCUT2D eigenvalue weighted by molar-refractivity contribution is 7.10. The van der Waals surface area contributed by atoms with Gasteiger partial charge in [-0.2, -0.15) is 4.39 Å². The minimum atomic E-state index is -0.239. The molecule has 90 valence electrons. The van der Waals surface area contributed by atoms with Crippen molar-refractivity contribution in [1.82, 2.24) is 4.98 Å². The molecular formula is C13H13ClFNS. The molecule has 0 aliphatic carbocycles. The maximum atomic E-state index is 13.8. The van der Waals surface area contributed by atoms with Crippen molar-refractivity contribution < 1.29 is 4.39 Å². The molecule has 0 fully saturated rings. The molecule has 2 aromatic rings. The van der Waals surface area contributed by atoms with Gasteiger partial charge in [-0.1, -0.05) is 55.8 Å². The average molecular weight is 270 g/mol. The number of hydrogen-bond donors (Lipinski definition) is 0. The van der Waals surface area contributed by atoms with Gasteiger partial charge < -0.3 is 0 Å². The molecule has 1 aromatic carbocycles. The fourth-order valence-corrected chi connectivity index (χ4v) is 2.41. The van der Waals surface area contributed by atoms with Gasteiger partial charge in [0.05, 0.1) is 0 Å². The summed E-state index contributed by atoms with van der Waals surface area (Å²) in [5.74, 6) is 0. The van der Waals surface area contributed by atoms with E-state index in [0.29, 0.717) is 10.7 Å². The minimum absolute atomic E-state index is 0.129. The van der Waals surface area contributed by atoms with Crippen LogP contribution in [-0.2, 0) is 5.41 Å². The van der Waals surface area contributed by atoms with E-state index in [1.807, 2.05) is 20.8 Å². The van der Waals surface area contributed by atoms with Crippen molar-refractivity contribution in [2.75, 3.05) is 0 Å². The van der Waals surface area contributed by atoms with Crippen LogP contribution >= 0.6 is 22.9 Å². The fraction of sp³-hybridized carbons (Fsp3) is 0.308. The molecule has 0 saturated carbocycles. The minimum Gasteiger partial charge on any atom is -0.237 e. The summed E-state index contributed by atoms with van der Waals surface area (Å²) in [4.78, 5) is 4.38. The number of thiazole rings is 1. The molecule has 0 aliphatic rings. The van der Waals surface area contributed by atoms with Gasteiger partial charge in [-0.05, 0) is 12.1 Å². The van der Waals surface area contributed by atoms with Crippen LogP contribution in [0.1, 0.15) is 25.8 Å². The van der Waals surface area contributed by atoms with Crippen LogP contribution in [0, 0.1) is 5.13 Å². The predicted octanol–water partition coefficient (Wildman–Crippen LogP) is 4.90. The highest BCUT2D eigenvalue weighted by atomic mass is 35.5. The number of rotatable bonds is 1. The molecule has 0 spiro atoms. The van der Waals surface area contributed by atoms with Crippen LogP contribution in [0.25, 0.3) is 11.3 Å². The summed E-state index contributed by atoms with van der Waals surface area (Å²) in [6, 6.07) is 7.05. The number of nitrogens with zero attached hydrogens (tertiary/aromatic N) is 1. The van der Waals surface area contributed by atoms with E-state index in [-0.39, 0.29) is 10.5 Å². The van der Waals surface area contributed by atoms with Crippen LogP contribution in [0.15, 0.2) is 24.3 Å². The first-order chi connectivity index (χ1) is 7.88. The molecule has 17 heavy (non-hydrogen) atoms. The van der Waals surface area contributed by atoms with Crippen molar-refractivity contribution in [3.8, 4) is 11.3 Å². The van der Waals surface area contributed by atoms with Crippen LogP contribution < -0.4 is 0 Å². The van der Waals surface area contributed by atoms with E-state index in [4.69, 9.17) is 11.6 Å². The predicted molar refractivity (Wildman–Crippen MR) is 71.2 cm³/mol. The zero-order valence-corrected chi connectivity index (χ0v) is 11.5. The Morgan fingerprint density at radius 1 is 1.18 bits per heavy atom. The highest BCUT2D eigenvalue weighted by Gasteiger charge is 2.22. The summed E-state index contributed by atoms with van der Waals surface area (Å²) in [5, 5.41) is 1.21. The lowest BCUT2D eigenvalue weighted by molar-refractivity contribution is 0.586. The Labute approximate surface area is 109 Å². The highest BCUT2D eigenvalue weighted by Crippen LogP contribution is 2.33. The number of hydrogen-bond acceptors (Lipinski definition) is 2. The molecule has 0 radical (unpaired) electrons. The molecule has 1 heterocycles. The average Bonchev–Trinajstić information content (AvgIpc) is 2.61. The Morgan fingerprint density at radius 3 is 2.24 bits per heavy atom. The molecule has 0 bridgehead atoms. The third-order valence-electron chi connectivity index (χ3n) is 2.35. The van der Waals surface area contributed by atoms with Crippen LogP contribution in [0.3, 0.4) is 0 Å². The molecule has 0 unspecified atom stereocenters. The zero-order valence-electron chi connectivity index (χ0n) is 9.92. The van der Waals surface area contributed by atoms with Gasteiger partial charge in [-0.3, -0.25) is 0 Å². The number of aromatic nitrogens is 1. The van der Waals surface area contributed by atoms with E-state index in [1.165, 1.54) is 0 Å². The topological polar surface area (TPSA) is 12.9 Å². The lowest BCUT2D eigenvalue weighted by Gasteiger charge is -2.13. The van der Waals surface area contributed by atoms with Crippen molar-refractivity contribution >= 4 is 22.9 Å². The van der Waals surface area contributed by atoms with Crippen LogP contribution in [0.5, 0.6) is 0 Å². The smallest absolute Gasteiger partial charge is 0.204 e. The molecular weight excluding hydrogens is 257 g/mol. The number of benzene rings is 1. The van der Waals surface area contributed by atoms with Gasteiger partial charge in [0.1, 0.15) is 10.7 Å². The van der Waals surface area contributed by atoms with Crippen molar-refractivity contribution in [2.45, 2.75) is 26.2 Å². The summed E-state index contributed by atoms with van der Waals surface area (Å²) in [6.07, 6.45) is 0. The summed E-state index contributed by atoms with van der Waals surface area (Å²) in [7, 11) is 0. The van der Waals surface area contributed by atoms with Gasteiger partial charge in [0.15, 0.2) is 0 Å². The third-order valence-corrected chi connectivity index (χ3v) is 3.87. The summed E-state index contributed by atoms with van der Waals surface area (Å²) >= 11 is 6.91. The SMILES string of the molecule is CC(C)(C)c1nc(-c2ccc(Cl)cc2)c(F)s1. The van der Waals surface area contributed by atoms with E-state index >= 15 is 0 Å². The molecule has 1 nitrogen and oxygen atoms in total. The summed E-state index contributed by atoms with van der Waals surface area (Å²) < 4.78 is 13.8. The first-order valence-electron chi connectivity index (χ1n) is 5.30. The monoisotopic (exact) mass is 269 g/mol. The van der Waals surface area contributed by atoms with Gasteiger partial charge in [-0.25, -0.2) is 4.98 Å². The quantitative estimate of drug-likeness (QED) is 0.717.